The van der Waals surface area contributed by atoms with Crippen molar-refractivity contribution in [2.24, 2.45) is 0 Å². The van der Waals surface area contributed by atoms with E-state index in [1.807, 2.05) is 6.07 Å². The van der Waals surface area contributed by atoms with Gasteiger partial charge in [-0.2, -0.15) is 5.26 Å². The molecule has 96 valence electrons. The van der Waals surface area contributed by atoms with Gasteiger partial charge in [0.2, 0.25) is 0 Å². The number of nitrogens with zero attached hydrogens (tertiary/aromatic N) is 2. The average Bonchev–Trinajstić information content (AvgIpc) is 2.42. The summed E-state index contributed by atoms with van der Waals surface area (Å²) >= 11 is 5.98. The number of ether oxygens (including phenoxy) is 1. The molecule has 4 nitrogen and oxygen atoms in total. The smallest absolute Gasteiger partial charge is 0.250 e. The van der Waals surface area contributed by atoms with Gasteiger partial charge in [-0.25, -0.2) is 0 Å². The third-order valence-corrected chi connectivity index (χ3v) is 2.85. The van der Waals surface area contributed by atoms with Gasteiger partial charge in [0, 0.05) is 12.3 Å². The highest BCUT2D eigenvalue weighted by molar-refractivity contribution is 6.32. The summed E-state index contributed by atoms with van der Waals surface area (Å²) in [6.45, 7) is 0.769. The van der Waals surface area contributed by atoms with E-state index < -0.39 is 0 Å². The van der Waals surface area contributed by atoms with Crippen molar-refractivity contribution < 1.29 is 4.74 Å². The van der Waals surface area contributed by atoms with Crippen LogP contribution in [0.1, 0.15) is 5.56 Å². The molecule has 0 aliphatic carbocycles. The highest BCUT2D eigenvalue weighted by Crippen LogP contribution is 2.25. The number of aromatic nitrogens is 1. The Bertz CT molecular complexity index is 674. The Morgan fingerprint density at radius 2 is 2.16 bits per heavy atom. The maximum atomic E-state index is 11.5. The molecule has 19 heavy (non-hydrogen) atoms. The molecule has 1 aromatic heterocycles. The summed E-state index contributed by atoms with van der Waals surface area (Å²) < 4.78 is 7.05. The predicted octanol–water partition coefficient (Wildman–Crippen LogP) is 2.45. The zero-order valence-electron chi connectivity index (χ0n) is 10.0. The minimum absolute atomic E-state index is 0.0722. The van der Waals surface area contributed by atoms with Crippen molar-refractivity contribution in [1.29, 1.82) is 5.26 Å². The van der Waals surface area contributed by atoms with Crippen LogP contribution in [0.25, 0.3) is 0 Å². The van der Waals surface area contributed by atoms with E-state index in [4.69, 9.17) is 21.6 Å². The van der Waals surface area contributed by atoms with Crippen molar-refractivity contribution in [3.8, 4) is 11.8 Å². The van der Waals surface area contributed by atoms with Crippen molar-refractivity contribution in [2.45, 2.75) is 6.54 Å². The molecule has 5 heteroatoms. The van der Waals surface area contributed by atoms with E-state index in [0.717, 1.165) is 0 Å². The molecule has 0 radical (unpaired) electrons. The Labute approximate surface area is 115 Å². The first kappa shape index (κ1) is 13.2. The largest absolute Gasteiger partial charge is 0.490 e. The van der Waals surface area contributed by atoms with E-state index in [1.54, 1.807) is 41.1 Å². The Morgan fingerprint density at radius 3 is 2.84 bits per heavy atom. The third kappa shape index (κ3) is 3.36. The molecule has 2 rings (SSSR count). The molecule has 0 bridgehead atoms. The van der Waals surface area contributed by atoms with Crippen LogP contribution < -0.4 is 10.3 Å². The minimum atomic E-state index is -0.0722. The number of hydrogen-bond donors (Lipinski definition) is 0. The Hall–Kier alpha value is -2.25. The van der Waals surface area contributed by atoms with Gasteiger partial charge >= 0.3 is 0 Å². The number of pyridine rings is 1. The molecule has 0 atom stereocenters. The standard InChI is InChI=1S/C14H11ClN2O2/c15-12-9-11(10-16)4-5-13(12)19-8-7-17-6-2-1-3-14(17)18/h1-6,9H,7-8H2. The van der Waals surface area contributed by atoms with E-state index >= 15 is 0 Å². The first-order valence-corrected chi connectivity index (χ1v) is 6.06. The lowest BCUT2D eigenvalue weighted by atomic mass is 10.2. The monoisotopic (exact) mass is 274 g/mol. The Kier molecular flexibility index (Phi) is 4.22. The van der Waals surface area contributed by atoms with Gasteiger partial charge in [-0.15, -0.1) is 0 Å². The third-order valence-electron chi connectivity index (χ3n) is 2.55. The van der Waals surface area contributed by atoms with Crippen molar-refractivity contribution in [2.75, 3.05) is 6.61 Å². The molecule has 2 aromatic rings. The van der Waals surface area contributed by atoms with E-state index in [-0.39, 0.29) is 5.56 Å². The summed E-state index contributed by atoms with van der Waals surface area (Å²) in [5.41, 5.74) is 0.411. The van der Waals surface area contributed by atoms with Crippen molar-refractivity contribution in [1.82, 2.24) is 4.57 Å². The lowest BCUT2D eigenvalue weighted by Gasteiger charge is -2.09. The average molecular weight is 275 g/mol. The fraction of sp³-hybridized carbons (Fsp3) is 0.143. The molecule has 0 aliphatic heterocycles. The molecule has 0 N–H and O–H groups in total. The van der Waals surface area contributed by atoms with Crippen LogP contribution in [-0.4, -0.2) is 11.2 Å². The quantitative estimate of drug-likeness (QED) is 0.860. The summed E-state index contributed by atoms with van der Waals surface area (Å²) in [5, 5.41) is 9.11. The van der Waals surface area contributed by atoms with Crippen LogP contribution in [0.15, 0.2) is 47.4 Å². The highest BCUT2D eigenvalue weighted by Gasteiger charge is 2.03. The van der Waals surface area contributed by atoms with Gasteiger partial charge in [0.05, 0.1) is 23.2 Å². The first-order chi connectivity index (χ1) is 9.20. The minimum Gasteiger partial charge on any atom is -0.490 e. The van der Waals surface area contributed by atoms with E-state index in [9.17, 15) is 4.79 Å². The number of rotatable bonds is 4. The first-order valence-electron chi connectivity index (χ1n) is 5.68. The molecule has 1 aromatic carbocycles. The molecule has 0 fully saturated rings. The van der Waals surface area contributed by atoms with Gasteiger partial charge in [-0.05, 0) is 24.3 Å². The predicted molar refractivity (Wildman–Crippen MR) is 72.4 cm³/mol. The molecular formula is C14H11ClN2O2. The summed E-state index contributed by atoms with van der Waals surface area (Å²) in [6.07, 6.45) is 1.70. The van der Waals surface area contributed by atoms with E-state index in [1.165, 1.54) is 6.07 Å². The normalized spacial score (nSPS) is 9.89. The maximum Gasteiger partial charge on any atom is 0.250 e. The zero-order chi connectivity index (χ0) is 13.7. The van der Waals surface area contributed by atoms with Crippen LogP contribution in [0.3, 0.4) is 0 Å². The second-order valence-corrected chi connectivity index (χ2v) is 4.24. The van der Waals surface area contributed by atoms with Gasteiger partial charge in [0.1, 0.15) is 12.4 Å². The van der Waals surface area contributed by atoms with Crippen LogP contribution in [0.5, 0.6) is 5.75 Å². The molecule has 0 saturated heterocycles. The molecule has 0 saturated carbocycles. The fourth-order valence-electron chi connectivity index (χ4n) is 1.59. The second-order valence-electron chi connectivity index (χ2n) is 3.84. The summed E-state index contributed by atoms with van der Waals surface area (Å²) in [7, 11) is 0. The SMILES string of the molecule is N#Cc1ccc(OCCn2ccccc2=O)c(Cl)c1. The molecule has 1 heterocycles. The van der Waals surface area contributed by atoms with Crippen LogP contribution >= 0.6 is 11.6 Å². The highest BCUT2D eigenvalue weighted by atomic mass is 35.5. The molecular weight excluding hydrogens is 264 g/mol. The van der Waals surface area contributed by atoms with Crippen molar-refractivity contribution >= 4 is 11.6 Å². The number of benzene rings is 1. The molecule has 0 amide bonds. The van der Waals surface area contributed by atoms with Crippen molar-refractivity contribution in [3.63, 3.8) is 0 Å². The van der Waals surface area contributed by atoms with Crippen LogP contribution in [0.4, 0.5) is 0 Å². The number of halogens is 1. The lowest BCUT2D eigenvalue weighted by molar-refractivity contribution is 0.296. The maximum absolute atomic E-state index is 11.5. The summed E-state index contributed by atoms with van der Waals surface area (Å²) in [6, 6.07) is 11.8. The molecule has 0 aliphatic rings. The van der Waals surface area contributed by atoms with Gasteiger partial charge in [-0.3, -0.25) is 4.79 Å². The van der Waals surface area contributed by atoms with Crippen LogP contribution in [0, 0.1) is 11.3 Å². The number of nitriles is 1. The molecule has 0 spiro atoms. The summed E-state index contributed by atoms with van der Waals surface area (Å²) in [5.74, 6) is 0.504. The summed E-state index contributed by atoms with van der Waals surface area (Å²) in [4.78, 5) is 11.5. The van der Waals surface area contributed by atoms with Gasteiger partial charge in [-0.1, -0.05) is 17.7 Å². The zero-order valence-corrected chi connectivity index (χ0v) is 10.8. The molecule has 0 unspecified atom stereocenters. The van der Waals surface area contributed by atoms with Gasteiger partial charge in [0.25, 0.3) is 5.56 Å². The van der Waals surface area contributed by atoms with Crippen molar-refractivity contribution in [3.05, 3.63) is 63.5 Å². The van der Waals surface area contributed by atoms with E-state index in [2.05, 4.69) is 0 Å². The lowest BCUT2D eigenvalue weighted by Crippen LogP contribution is -2.21. The fourth-order valence-corrected chi connectivity index (χ4v) is 1.82. The van der Waals surface area contributed by atoms with Gasteiger partial charge < -0.3 is 9.30 Å². The topological polar surface area (TPSA) is 55.0 Å². The Balaban J connectivity index is 1.99. The Morgan fingerprint density at radius 1 is 1.32 bits per heavy atom. The van der Waals surface area contributed by atoms with E-state index in [0.29, 0.717) is 29.5 Å². The van der Waals surface area contributed by atoms with Crippen LogP contribution in [0.2, 0.25) is 5.02 Å². The second kappa shape index (κ2) is 6.07. The number of hydrogen-bond acceptors (Lipinski definition) is 3. The van der Waals surface area contributed by atoms with Crippen LogP contribution in [-0.2, 0) is 6.54 Å². The van der Waals surface area contributed by atoms with Gasteiger partial charge in [0.15, 0.2) is 0 Å².